The minimum atomic E-state index is 0.777. The molecule has 1 aliphatic rings. The number of hydrogen-bond donors (Lipinski definition) is 1. The van der Waals surface area contributed by atoms with E-state index in [4.69, 9.17) is 9.29 Å². The Hall–Kier alpha value is -0.510. The Labute approximate surface area is 89.5 Å². The molecule has 1 aromatic carbocycles. The summed E-state index contributed by atoms with van der Waals surface area (Å²) in [5.41, 5.74) is 1.22. The van der Waals surface area contributed by atoms with Gasteiger partial charge in [0.15, 0.2) is 0 Å². The Morgan fingerprint density at radius 2 is 1.71 bits per heavy atom. The Morgan fingerprint density at radius 1 is 1.14 bits per heavy atom. The molecule has 0 saturated carbocycles. The molecule has 2 nitrogen and oxygen atoms in total. The van der Waals surface area contributed by atoms with Gasteiger partial charge < -0.3 is 9.29 Å². The van der Waals surface area contributed by atoms with Gasteiger partial charge in [-0.1, -0.05) is 17.7 Å². The van der Waals surface area contributed by atoms with Gasteiger partial charge in [0, 0.05) is 30.2 Å². The van der Waals surface area contributed by atoms with Crippen molar-refractivity contribution in [1.29, 1.82) is 0 Å². The van der Waals surface area contributed by atoms with Crippen molar-refractivity contribution in [2.45, 2.75) is 24.7 Å². The van der Waals surface area contributed by atoms with E-state index in [9.17, 15) is 0 Å². The van der Waals surface area contributed by atoms with Crippen LogP contribution in [0.4, 0.5) is 0 Å². The lowest BCUT2D eigenvalue weighted by Gasteiger charge is -1.92. The number of aryl methyl sites for hydroxylation is 1. The monoisotopic (exact) mass is 212 g/mol. The van der Waals surface area contributed by atoms with Crippen LogP contribution in [-0.2, 0) is 4.74 Å². The van der Waals surface area contributed by atoms with Gasteiger partial charge >= 0.3 is 0 Å². The summed E-state index contributed by atoms with van der Waals surface area (Å²) in [6.07, 6.45) is 2.56. The van der Waals surface area contributed by atoms with Crippen LogP contribution in [0.1, 0.15) is 18.4 Å². The first-order valence-corrected chi connectivity index (χ1v) is 5.56. The minimum Gasteiger partial charge on any atom is -0.381 e. The Balaban J connectivity index is 0.000000165. The molecule has 0 spiro atoms. The summed E-state index contributed by atoms with van der Waals surface area (Å²) in [5.74, 6) is 0. The van der Waals surface area contributed by atoms with Gasteiger partial charge in [0.25, 0.3) is 0 Å². The normalized spacial score (nSPS) is 14.7. The van der Waals surface area contributed by atoms with Crippen molar-refractivity contribution in [1.82, 2.24) is 0 Å². The highest BCUT2D eigenvalue weighted by Crippen LogP contribution is 2.13. The number of hydrogen-bond acceptors (Lipinski definition) is 3. The van der Waals surface area contributed by atoms with E-state index in [1.165, 1.54) is 18.4 Å². The van der Waals surface area contributed by atoms with Crippen LogP contribution in [-0.4, -0.2) is 17.8 Å². The molecule has 0 atom stereocenters. The predicted octanol–water partition coefficient (Wildman–Crippen LogP) is 3.36. The van der Waals surface area contributed by atoms with Crippen LogP contribution < -0.4 is 0 Å². The van der Waals surface area contributed by atoms with Crippen LogP contribution >= 0.6 is 12.0 Å². The first-order valence-electron chi connectivity index (χ1n) is 4.79. The standard InChI is InChI=1S/C7H8OS.C4H8O/c1-6-2-4-7(9-8)5-3-6;1-2-4-5-3-1/h2-5,8H,1H3;1-4H2. The second-order valence-electron chi connectivity index (χ2n) is 3.22. The Kier molecular flexibility index (Phi) is 5.68. The van der Waals surface area contributed by atoms with Crippen LogP contribution in [0.2, 0.25) is 0 Å². The second kappa shape index (κ2) is 6.87. The molecule has 1 N–H and O–H groups in total. The number of rotatable bonds is 1. The van der Waals surface area contributed by atoms with Crippen LogP contribution in [0.3, 0.4) is 0 Å². The quantitative estimate of drug-likeness (QED) is 0.724. The van der Waals surface area contributed by atoms with E-state index in [1.54, 1.807) is 0 Å². The van der Waals surface area contributed by atoms with Crippen molar-refractivity contribution in [2.24, 2.45) is 0 Å². The first-order chi connectivity index (χ1) is 6.83. The molecule has 3 heteroatoms. The topological polar surface area (TPSA) is 29.5 Å². The van der Waals surface area contributed by atoms with Crippen LogP contribution in [0, 0.1) is 6.92 Å². The molecule has 0 unspecified atom stereocenters. The molecule has 14 heavy (non-hydrogen) atoms. The Morgan fingerprint density at radius 3 is 2.07 bits per heavy atom. The Bertz CT molecular complexity index is 234. The molecule has 78 valence electrons. The molecule has 0 amide bonds. The van der Waals surface area contributed by atoms with E-state index >= 15 is 0 Å². The summed E-state index contributed by atoms with van der Waals surface area (Å²) in [5, 5.41) is 0. The maximum absolute atomic E-state index is 8.55. The lowest BCUT2D eigenvalue weighted by atomic mass is 10.2. The molecule has 0 radical (unpaired) electrons. The molecule has 1 heterocycles. The summed E-state index contributed by atoms with van der Waals surface area (Å²) >= 11 is 0.777. The third-order valence-corrected chi connectivity index (χ3v) is 2.44. The predicted molar refractivity (Wildman–Crippen MR) is 59.7 cm³/mol. The molecular formula is C11H16O2S. The fraction of sp³-hybridized carbons (Fsp3) is 0.455. The van der Waals surface area contributed by atoms with Crippen LogP contribution in [0.25, 0.3) is 0 Å². The van der Waals surface area contributed by atoms with Crippen molar-refractivity contribution >= 4 is 12.0 Å². The SMILES string of the molecule is C1CCOC1.Cc1ccc(SO)cc1. The summed E-state index contributed by atoms with van der Waals surface area (Å²) in [4.78, 5) is 0.889. The number of ether oxygens (including phenoxy) is 1. The van der Waals surface area contributed by atoms with Crippen molar-refractivity contribution < 1.29 is 9.29 Å². The molecule has 0 aliphatic carbocycles. The fourth-order valence-corrected chi connectivity index (χ4v) is 1.37. The van der Waals surface area contributed by atoms with E-state index in [1.807, 2.05) is 31.2 Å². The van der Waals surface area contributed by atoms with Crippen molar-refractivity contribution in [3.63, 3.8) is 0 Å². The van der Waals surface area contributed by atoms with Crippen molar-refractivity contribution in [2.75, 3.05) is 13.2 Å². The van der Waals surface area contributed by atoms with Gasteiger partial charge in [0.1, 0.15) is 0 Å². The maximum Gasteiger partial charge on any atom is 0.0466 e. The van der Waals surface area contributed by atoms with Gasteiger partial charge in [0.2, 0.25) is 0 Å². The van der Waals surface area contributed by atoms with Gasteiger partial charge in [0.05, 0.1) is 0 Å². The molecule has 1 aromatic rings. The third-order valence-electron chi connectivity index (χ3n) is 1.95. The van der Waals surface area contributed by atoms with Crippen LogP contribution in [0.15, 0.2) is 29.2 Å². The molecule has 1 fully saturated rings. The molecular weight excluding hydrogens is 196 g/mol. The van der Waals surface area contributed by atoms with Crippen molar-refractivity contribution in [3.05, 3.63) is 29.8 Å². The summed E-state index contributed by atoms with van der Waals surface area (Å²) < 4.78 is 13.5. The third kappa shape index (κ3) is 4.65. The van der Waals surface area contributed by atoms with Gasteiger partial charge in [-0.05, 0) is 31.9 Å². The smallest absolute Gasteiger partial charge is 0.0466 e. The highest BCUT2D eigenvalue weighted by atomic mass is 32.2. The largest absolute Gasteiger partial charge is 0.381 e. The fourth-order valence-electron chi connectivity index (χ4n) is 1.11. The van der Waals surface area contributed by atoms with E-state index < -0.39 is 0 Å². The van der Waals surface area contributed by atoms with Gasteiger partial charge in [-0.25, -0.2) is 0 Å². The minimum absolute atomic E-state index is 0.777. The maximum atomic E-state index is 8.55. The first kappa shape index (κ1) is 11.6. The average molecular weight is 212 g/mol. The van der Waals surface area contributed by atoms with Crippen LogP contribution in [0.5, 0.6) is 0 Å². The zero-order valence-corrected chi connectivity index (χ0v) is 9.22. The van der Waals surface area contributed by atoms with Gasteiger partial charge in [-0.3, -0.25) is 0 Å². The molecule has 2 rings (SSSR count). The van der Waals surface area contributed by atoms with Gasteiger partial charge in [-0.15, -0.1) is 0 Å². The summed E-state index contributed by atoms with van der Waals surface area (Å²) in [7, 11) is 0. The number of benzene rings is 1. The molecule has 0 aromatic heterocycles. The lowest BCUT2D eigenvalue weighted by Crippen LogP contribution is -1.74. The van der Waals surface area contributed by atoms with E-state index in [2.05, 4.69) is 0 Å². The molecule has 0 bridgehead atoms. The van der Waals surface area contributed by atoms with E-state index in [0.29, 0.717) is 0 Å². The average Bonchev–Trinajstić information content (AvgIpc) is 2.77. The second-order valence-corrected chi connectivity index (χ2v) is 3.88. The molecule has 1 aliphatic heterocycles. The van der Waals surface area contributed by atoms with E-state index in [-0.39, 0.29) is 0 Å². The van der Waals surface area contributed by atoms with Crippen molar-refractivity contribution in [3.8, 4) is 0 Å². The van der Waals surface area contributed by atoms with Gasteiger partial charge in [-0.2, -0.15) is 0 Å². The highest BCUT2D eigenvalue weighted by Gasteiger charge is 1.94. The molecule has 1 saturated heterocycles. The highest BCUT2D eigenvalue weighted by molar-refractivity contribution is 7.93. The summed E-state index contributed by atoms with van der Waals surface area (Å²) in [6, 6.07) is 7.72. The van der Waals surface area contributed by atoms with E-state index in [0.717, 1.165) is 30.2 Å². The lowest BCUT2D eigenvalue weighted by molar-refractivity contribution is 0.198. The zero-order valence-electron chi connectivity index (χ0n) is 8.40. The zero-order chi connectivity index (χ0) is 10.2. The summed E-state index contributed by atoms with van der Waals surface area (Å²) in [6.45, 7) is 4.02.